The zero-order valence-electron chi connectivity index (χ0n) is 17.4. The van der Waals surface area contributed by atoms with Crippen molar-refractivity contribution in [2.75, 3.05) is 44.3 Å². The lowest BCUT2D eigenvalue weighted by molar-refractivity contribution is -0.125. The smallest absolute Gasteiger partial charge is 0.245 e. The van der Waals surface area contributed by atoms with Crippen molar-refractivity contribution in [2.24, 2.45) is 0 Å². The Balaban J connectivity index is 1.43. The fraction of sp³-hybridized carbons (Fsp3) is 0.333. The van der Waals surface area contributed by atoms with Gasteiger partial charge in [0.05, 0.1) is 18.7 Å². The highest BCUT2D eigenvalue weighted by Gasteiger charge is 2.28. The van der Waals surface area contributed by atoms with Gasteiger partial charge in [-0.15, -0.1) is 0 Å². The van der Waals surface area contributed by atoms with E-state index in [9.17, 15) is 4.79 Å². The number of benzene rings is 1. The molecule has 1 amide bonds. The van der Waals surface area contributed by atoms with E-state index in [1.54, 1.807) is 0 Å². The highest BCUT2D eigenvalue weighted by molar-refractivity contribution is 5.88. The molecule has 0 bridgehead atoms. The van der Waals surface area contributed by atoms with Gasteiger partial charge < -0.3 is 14.5 Å². The van der Waals surface area contributed by atoms with Crippen LogP contribution in [-0.2, 0) is 9.53 Å². The van der Waals surface area contributed by atoms with Crippen molar-refractivity contribution in [3.63, 3.8) is 0 Å². The number of likely N-dealkylation sites (tertiary alicyclic amines) is 1. The standard InChI is InChI=1S/C24H25N5O2/c1-2-22(30)29-9-7-18(16-29)23-26-15-19-14-17(5-6-21(19)27-23)20-4-3-8-25-24(20)28-10-12-31-13-11-28/h2-6,8,14-15,18H,1,7,9-13,16H2. The summed E-state index contributed by atoms with van der Waals surface area (Å²) in [6.07, 6.45) is 5.98. The number of hydrogen-bond donors (Lipinski definition) is 0. The molecule has 0 radical (unpaired) electrons. The van der Waals surface area contributed by atoms with Gasteiger partial charge >= 0.3 is 0 Å². The Hall–Kier alpha value is -3.32. The lowest BCUT2D eigenvalue weighted by atomic mass is 10.0. The summed E-state index contributed by atoms with van der Waals surface area (Å²) in [5.41, 5.74) is 3.12. The zero-order valence-corrected chi connectivity index (χ0v) is 17.4. The molecule has 2 fully saturated rings. The molecule has 0 saturated carbocycles. The molecule has 7 heteroatoms. The second-order valence-electron chi connectivity index (χ2n) is 7.95. The van der Waals surface area contributed by atoms with E-state index in [1.807, 2.05) is 29.4 Å². The van der Waals surface area contributed by atoms with Gasteiger partial charge in [-0.3, -0.25) is 4.79 Å². The molecule has 2 aliphatic rings. The predicted octanol–water partition coefficient (Wildman–Crippen LogP) is 3.03. The fourth-order valence-electron chi connectivity index (χ4n) is 4.36. The van der Waals surface area contributed by atoms with Crippen LogP contribution in [-0.4, -0.2) is 65.2 Å². The molecule has 1 unspecified atom stereocenters. The minimum absolute atomic E-state index is 0.0273. The number of aromatic nitrogens is 3. The first-order valence-electron chi connectivity index (χ1n) is 10.7. The number of fused-ring (bicyclic) bond motifs is 1. The SMILES string of the molecule is C=CC(=O)N1CCC(c2ncc3cc(-c4cccnc4N4CCOCC4)ccc3n2)C1. The first-order chi connectivity index (χ1) is 15.2. The van der Waals surface area contributed by atoms with E-state index in [1.165, 1.54) is 6.08 Å². The molecule has 2 aromatic heterocycles. The average Bonchev–Trinajstić information content (AvgIpc) is 3.34. The molecular weight excluding hydrogens is 390 g/mol. The third-order valence-corrected chi connectivity index (χ3v) is 6.05. The molecule has 0 aliphatic carbocycles. The number of amides is 1. The van der Waals surface area contributed by atoms with Crippen LogP contribution in [0.3, 0.4) is 0 Å². The van der Waals surface area contributed by atoms with Crippen molar-refractivity contribution < 1.29 is 9.53 Å². The molecule has 2 aliphatic heterocycles. The number of morpholine rings is 1. The summed E-state index contributed by atoms with van der Waals surface area (Å²) >= 11 is 0. The maximum atomic E-state index is 11.9. The number of carbonyl (C=O) groups excluding carboxylic acids is 1. The zero-order chi connectivity index (χ0) is 21.2. The highest BCUT2D eigenvalue weighted by Crippen LogP contribution is 2.32. The van der Waals surface area contributed by atoms with Gasteiger partial charge in [-0.05, 0) is 42.3 Å². The molecule has 7 nitrogen and oxygen atoms in total. The van der Waals surface area contributed by atoms with Crippen LogP contribution in [0.2, 0.25) is 0 Å². The van der Waals surface area contributed by atoms with Gasteiger partial charge in [-0.1, -0.05) is 12.6 Å². The number of rotatable bonds is 4. The number of anilines is 1. The molecule has 3 aromatic rings. The van der Waals surface area contributed by atoms with Gasteiger partial charge in [0.15, 0.2) is 0 Å². The normalized spacial score (nSPS) is 19.0. The minimum Gasteiger partial charge on any atom is -0.378 e. The van der Waals surface area contributed by atoms with Crippen molar-refractivity contribution in [1.82, 2.24) is 19.9 Å². The summed E-state index contributed by atoms with van der Waals surface area (Å²) < 4.78 is 5.49. The second-order valence-corrected chi connectivity index (χ2v) is 7.95. The molecule has 0 N–H and O–H groups in total. The Morgan fingerprint density at radius 2 is 2.03 bits per heavy atom. The molecule has 4 heterocycles. The van der Waals surface area contributed by atoms with Crippen LogP contribution in [0.5, 0.6) is 0 Å². The van der Waals surface area contributed by atoms with Gasteiger partial charge in [0, 0.05) is 55.4 Å². The quantitative estimate of drug-likeness (QED) is 0.610. The summed E-state index contributed by atoms with van der Waals surface area (Å²) in [5, 5.41) is 0.995. The van der Waals surface area contributed by atoms with E-state index in [0.717, 1.165) is 72.9 Å². The number of hydrogen-bond acceptors (Lipinski definition) is 6. The summed E-state index contributed by atoms with van der Waals surface area (Å²) in [6.45, 7) is 8.08. The molecule has 1 aromatic carbocycles. The summed E-state index contributed by atoms with van der Waals surface area (Å²) in [5.74, 6) is 1.93. The van der Waals surface area contributed by atoms with Crippen molar-refractivity contribution in [2.45, 2.75) is 12.3 Å². The second kappa shape index (κ2) is 8.43. The topological polar surface area (TPSA) is 71.5 Å². The third-order valence-electron chi connectivity index (χ3n) is 6.05. The Morgan fingerprint density at radius 1 is 1.16 bits per heavy atom. The lowest BCUT2D eigenvalue weighted by Gasteiger charge is -2.29. The monoisotopic (exact) mass is 415 g/mol. The first-order valence-corrected chi connectivity index (χ1v) is 10.7. The summed E-state index contributed by atoms with van der Waals surface area (Å²) in [6, 6.07) is 10.4. The van der Waals surface area contributed by atoms with Crippen LogP contribution in [0.4, 0.5) is 5.82 Å². The Labute approximate surface area is 181 Å². The number of nitrogens with zero attached hydrogens (tertiary/aromatic N) is 5. The maximum Gasteiger partial charge on any atom is 0.245 e. The number of pyridine rings is 1. The molecular formula is C24H25N5O2. The van der Waals surface area contributed by atoms with Crippen LogP contribution >= 0.6 is 0 Å². The minimum atomic E-state index is -0.0273. The summed E-state index contributed by atoms with van der Waals surface area (Å²) in [7, 11) is 0. The van der Waals surface area contributed by atoms with E-state index in [2.05, 4.69) is 39.6 Å². The lowest BCUT2D eigenvalue weighted by Crippen LogP contribution is -2.37. The van der Waals surface area contributed by atoms with Gasteiger partial charge in [0.25, 0.3) is 0 Å². The molecule has 31 heavy (non-hydrogen) atoms. The largest absolute Gasteiger partial charge is 0.378 e. The van der Waals surface area contributed by atoms with Crippen molar-refractivity contribution in [1.29, 1.82) is 0 Å². The van der Waals surface area contributed by atoms with Gasteiger partial charge in [0.2, 0.25) is 5.91 Å². The van der Waals surface area contributed by atoms with E-state index in [-0.39, 0.29) is 11.8 Å². The first kappa shape index (κ1) is 19.6. The summed E-state index contributed by atoms with van der Waals surface area (Å²) in [4.78, 5) is 30.1. The molecule has 5 rings (SSSR count). The maximum absolute atomic E-state index is 11.9. The molecule has 158 valence electrons. The van der Waals surface area contributed by atoms with Crippen molar-refractivity contribution >= 4 is 22.6 Å². The van der Waals surface area contributed by atoms with Gasteiger partial charge in [0.1, 0.15) is 11.6 Å². The van der Waals surface area contributed by atoms with E-state index in [4.69, 9.17) is 9.72 Å². The number of ether oxygens (including phenoxy) is 1. The Kier molecular flexibility index (Phi) is 5.34. The van der Waals surface area contributed by atoms with E-state index >= 15 is 0 Å². The van der Waals surface area contributed by atoms with E-state index in [0.29, 0.717) is 6.54 Å². The van der Waals surface area contributed by atoms with Crippen LogP contribution in [0.25, 0.3) is 22.0 Å². The van der Waals surface area contributed by atoms with E-state index < -0.39 is 0 Å². The average molecular weight is 415 g/mol. The third kappa shape index (κ3) is 3.88. The van der Waals surface area contributed by atoms with Crippen LogP contribution in [0, 0.1) is 0 Å². The predicted molar refractivity (Wildman–Crippen MR) is 120 cm³/mol. The molecule has 2 saturated heterocycles. The Morgan fingerprint density at radius 3 is 2.87 bits per heavy atom. The Bertz CT molecular complexity index is 1130. The van der Waals surface area contributed by atoms with Crippen molar-refractivity contribution in [3.05, 3.63) is 61.2 Å². The number of carbonyl (C=O) groups is 1. The fourth-order valence-corrected chi connectivity index (χ4v) is 4.36. The van der Waals surface area contributed by atoms with Gasteiger partial charge in [-0.2, -0.15) is 0 Å². The van der Waals surface area contributed by atoms with Gasteiger partial charge in [-0.25, -0.2) is 15.0 Å². The molecule has 0 spiro atoms. The highest BCUT2D eigenvalue weighted by atomic mass is 16.5. The van der Waals surface area contributed by atoms with Crippen LogP contribution in [0.1, 0.15) is 18.2 Å². The van der Waals surface area contributed by atoms with Crippen LogP contribution < -0.4 is 4.90 Å². The molecule has 1 atom stereocenters. The van der Waals surface area contributed by atoms with Crippen LogP contribution in [0.15, 0.2) is 55.4 Å². The van der Waals surface area contributed by atoms with Crippen molar-refractivity contribution in [3.8, 4) is 11.1 Å².